The van der Waals surface area contributed by atoms with Crippen molar-refractivity contribution < 1.29 is 13.2 Å². The second-order valence-electron chi connectivity index (χ2n) is 7.90. The Bertz CT molecular complexity index is 1130. The van der Waals surface area contributed by atoms with Gasteiger partial charge in [-0.25, -0.2) is 8.42 Å². The van der Waals surface area contributed by atoms with Crippen LogP contribution in [-0.4, -0.2) is 33.2 Å². The molecule has 7 heteroatoms. The van der Waals surface area contributed by atoms with Gasteiger partial charge in [0.1, 0.15) is 6.54 Å². The lowest BCUT2D eigenvalue weighted by Crippen LogP contribution is -2.41. The summed E-state index contributed by atoms with van der Waals surface area (Å²) in [5.41, 5.74) is 4.02. The van der Waals surface area contributed by atoms with Gasteiger partial charge in [-0.3, -0.25) is 9.10 Å². The highest BCUT2D eigenvalue weighted by Gasteiger charge is 2.26. The van der Waals surface area contributed by atoms with Crippen LogP contribution in [0.1, 0.15) is 23.1 Å². The number of benzene rings is 3. The minimum absolute atomic E-state index is 0.158. The summed E-state index contributed by atoms with van der Waals surface area (Å²) in [6, 6.07) is 23.8. The first-order chi connectivity index (χ1) is 15.9. The van der Waals surface area contributed by atoms with Crippen LogP contribution in [0.15, 0.2) is 83.8 Å². The molecule has 5 nitrogen and oxygen atoms in total. The number of thioether (sulfide) groups is 1. The third-order valence-corrected chi connectivity index (χ3v) is 8.02. The van der Waals surface area contributed by atoms with Gasteiger partial charge in [0.2, 0.25) is 5.91 Å². The van der Waals surface area contributed by atoms with Gasteiger partial charge in [-0.15, -0.1) is 0 Å². The van der Waals surface area contributed by atoms with E-state index in [4.69, 9.17) is 0 Å². The van der Waals surface area contributed by atoms with Gasteiger partial charge in [0.25, 0.3) is 10.0 Å². The van der Waals surface area contributed by atoms with Crippen LogP contribution in [-0.2, 0) is 20.6 Å². The van der Waals surface area contributed by atoms with Crippen LogP contribution < -0.4 is 9.62 Å². The summed E-state index contributed by atoms with van der Waals surface area (Å²) in [5, 5.41) is 2.87. The summed E-state index contributed by atoms with van der Waals surface area (Å²) in [7, 11) is -3.87. The van der Waals surface area contributed by atoms with E-state index in [2.05, 4.69) is 36.5 Å². The Balaban J connectivity index is 1.55. The molecule has 0 heterocycles. The molecular formula is C26H30N2O3S2. The van der Waals surface area contributed by atoms with Crippen molar-refractivity contribution in [3.8, 4) is 0 Å². The first kappa shape index (κ1) is 24.9. The summed E-state index contributed by atoms with van der Waals surface area (Å²) in [6.45, 7) is 4.25. The van der Waals surface area contributed by atoms with Crippen LogP contribution in [0.3, 0.4) is 0 Å². The fourth-order valence-electron chi connectivity index (χ4n) is 3.21. The van der Waals surface area contributed by atoms with Gasteiger partial charge in [-0.05, 0) is 55.9 Å². The number of hydrogen-bond acceptors (Lipinski definition) is 4. The molecule has 3 aromatic carbocycles. The molecule has 0 fully saturated rings. The summed E-state index contributed by atoms with van der Waals surface area (Å²) in [5.74, 6) is 1.53. The zero-order chi connectivity index (χ0) is 23.7. The average molecular weight is 483 g/mol. The van der Waals surface area contributed by atoms with Crippen molar-refractivity contribution in [3.05, 3.63) is 95.6 Å². The smallest absolute Gasteiger partial charge is 0.264 e. The lowest BCUT2D eigenvalue weighted by molar-refractivity contribution is -0.119. The Labute approximate surface area is 201 Å². The zero-order valence-electron chi connectivity index (χ0n) is 19.0. The number of hydrogen-bond donors (Lipinski definition) is 1. The third kappa shape index (κ3) is 7.37. The summed E-state index contributed by atoms with van der Waals surface area (Å²) < 4.78 is 27.7. The van der Waals surface area contributed by atoms with Crippen molar-refractivity contribution in [2.75, 3.05) is 23.1 Å². The number of aryl methyl sites for hydroxylation is 2. The normalized spacial score (nSPS) is 11.2. The number of nitrogens with zero attached hydrogens (tertiary/aromatic N) is 1. The molecule has 3 rings (SSSR count). The molecule has 0 aliphatic heterocycles. The summed E-state index contributed by atoms with van der Waals surface area (Å²) >= 11 is 1.82. The number of carbonyl (C=O) groups is 1. The van der Waals surface area contributed by atoms with Crippen LogP contribution in [0.5, 0.6) is 0 Å². The van der Waals surface area contributed by atoms with Gasteiger partial charge in [0, 0.05) is 12.3 Å². The molecular weight excluding hydrogens is 452 g/mol. The van der Waals surface area contributed by atoms with Crippen molar-refractivity contribution in [1.29, 1.82) is 0 Å². The highest BCUT2D eigenvalue weighted by Crippen LogP contribution is 2.24. The van der Waals surface area contributed by atoms with E-state index >= 15 is 0 Å². The molecule has 0 saturated carbocycles. The SMILES string of the molecule is Cc1ccc(CSCCCNC(=O)CN(c2ccc(C)cc2)S(=O)(=O)c2ccccc2)cc1. The van der Waals surface area contributed by atoms with Crippen molar-refractivity contribution in [3.63, 3.8) is 0 Å². The standard InChI is InChI=1S/C26H30N2O3S2/c1-21-9-13-23(14-10-21)20-32-18-6-17-27-26(29)19-28(24-15-11-22(2)12-16-24)33(30,31)25-7-4-3-5-8-25/h3-5,7-16H,6,17-20H2,1-2H3,(H,27,29). The van der Waals surface area contributed by atoms with Crippen LogP contribution in [0, 0.1) is 13.8 Å². The number of amides is 1. The number of nitrogens with one attached hydrogen (secondary N) is 1. The Kier molecular flexibility index (Phi) is 8.97. The minimum atomic E-state index is -3.87. The molecule has 0 unspecified atom stereocenters. The Morgan fingerprint density at radius 3 is 2.12 bits per heavy atom. The van der Waals surface area contributed by atoms with Crippen molar-refractivity contribution in [2.24, 2.45) is 0 Å². The van der Waals surface area contributed by atoms with E-state index < -0.39 is 10.0 Å². The van der Waals surface area contributed by atoms with E-state index in [1.165, 1.54) is 15.4 Å². The molecule has 0 bridgehead atoms. The molecule has 33 heavy (non-hydrogen) atoms. The van der Waals surface area contributed by atoms with E-state index in [-0.39, 0.29) is 17.3 Å². The molecule has 0 spiro atoms. The second-order valence-corrected chi connectivity index (χ2v) is 10.9. The molecule has 0 aromatic heterocycles. The van der Waals surface area contributed by atoms with Gasteiger partial charge >= 0.3 is 0 Å². The number of sulfonamides is 1. The topological polar surface area (TPSA) is 66.5 Å². The molecule has 0 radical (unpaired) electrons. The predicted octanol–water partition coefficient (Wildman–Crippen LogP) is 4.94. The Morgan fingerprint density at radius 1 is 0.879 bits per heavy atom. The van der Waals surface area contributed by atoms with Gasteiger partial charge in [0.15, 0.2) is 0 Å². The molecule has 0 aliphatic rings. The number of carbonyl (C=O) groups excluding carboxylic acids is 1. The average Bonchev–Trinajstić information content (AvgIpc) is 2.82. The maximum absolute atomic E-state index is 13.3. The fraction of sp³-hybridized carbons (Fsp3) is 0.269. The largest absolute Gasteiger partial charge is 0.354 e. The minimum Gasteiger partial charge on any atom is -0.354 e. The van der Waals surface area contributed by atoms with Gasteiger partial charge in [-0.1, -0.05) is 65.7 Å². The Morgan fingerprint density at radius 2 is 1.48 bits per heavy atom. The van der Waals surface area contributed by atoms with Crippen molar-refractivity contribution in [2.45, 2.75) is 30.9 Å². The van der Waals surface area contributed by atoms with Gasteiger partial charge < -0.3 is 5.32 Å². The van der Waals surface area contributed by atoms with Crippen LogP contribution in [0.25, 0.3) is 0 Å². The van der Waals surface area contributed by atoms with Crippen LogP contribution >= 0.6 is 11.8 Å². The maximum atomic E-state index is 13.3. The quantitative estimate of drug-likeness (QED) is 0.393. The lowest BCUT2D eigenvalue weighted by Gasteiger charge is -2.24. The van der Waals surface area contributed by atoms with Gasteiger partial charge in [0.05, 0.1) is 10.6 Å². The number of anilines is 1. The zero-order valence-corrected chi connectivity index (χ0v) is 20.7. The van der Waals surface area contributed by atoms with Gasteiger partial charge in [-0.2, -0.15) is 11.8 Å². The highest BCUT2D eigenvalue weighted by molar-refractivity contribution is 7.98. The van der Waals surface area contributed by atoms with E-state index in [0.29, 0.717) is 12.2 Å². The van der Waals surface area contributed by atoms with Crippen LogP contribution in [0.2, 0.25) is 0 Å². The van der Waals surface area contributed by atoms with E-state index in [9.17, 15) is 13.2 Å². The second kappa shape index (κ2) is 11.9. The van der Waals surface area contributed by atoms with E-state index in [1.54, 1.807) is 42.5 Å². The first-order valence-electron chi connectivity index (χ1n) is 10.9. The molecule has 0 aliphatic carbocycles. The van der Waals surface area contributed by atoms with Crippen LogP contribution in [0.4, 0.5) is 5.69 Å². The fourth-order valence-corrected chi connectivity index (χ4v) is 5.57. The molecule has 174 valence electrons. The maximum Gasteiger partial charge on any atom is 0.264 e. The predicted molar refractivity (Wildman–Crippen MR) is 137 cm³/mol. The highest BCUT2D eigenvalue weighted by atomic mass is 32.2. The summed E-state index contributed by atoms with van der Waals surface area (Å²) in [6.07, 6.45) is 0.818. The molecule has 0 saturated heterocycles. The lowest BCUT2D eigenvalue weighted by atomic mass is 10.2. The van der Waals surface area contributed by atoms with Crippen molar-refractivity contribution in [1.82, 2.24) is 5.32 Å². The Hall–Kier alpha value is -2.77. The first-order valence-corrected chi connectivity index (χ1v) is 13.5. The monoisotopic (exact) mass is 482 g/mol. The number of rotatable bonds is 11. The summed E-state index contributed by atoms with van der Waals surface area (Å²) in [4.78, 5) is 12.8. The molecule has 3 aromatic rings. The van der Waals surface area contributed by atoms with E-state index in [0.717, 1.165) is 23.5 Å². The third-order valence-electron chi connectivity index (χ3n) is 5.12. The van der Waals surface area contributed by atoms with Crippen molar-refractivity contribution >= 4 is 33.4 Å². The molecule has 0 atom stereocenters. The molecule has 1 amide bonds. The molecule has 1 N–H and O–H groups in total. The van der Waals surface area contributed by atoms with E-state index in [1.807, 2.05) is 30.8 Å².